The molecule has 20 heavy (non-hydrogen) atoms. The zero-order valence-corrected chi connectivity index (χ0v) is 13.7. The molecule has 1 aromatic rings. The Bertz CT molecular complexity index is 361. The van der Waals surface area contributed by atoms with Crippen LogP contribution in [-0.2, 0) is 0 Å². The smallest absolute Gasteiger partial charge is 0.0366 e. The fourth-order valence-electron chi connectivity index (χ4n) is 2.83. The lowest BCUT2D eigenvalue weighted by molar-refractivity contribution is 0.373. The van der Waals surface area contributed by atoms with Crippen LogP contribution in [0.1, 0.15) is 33.1 Å². The number of rotatable bonds is 7. The Morgan fingerprint density at radius 2 is 1.95 bits per heavy atom. The second kappa shape index (κ2) is 8.58. The van der Waals surface area contributed by atoms with Crippen LogP contribution in [0.25, 0.3) is 0 Å². The summed E-state index contributed by atoms with van der Waals surface area (Å²) >= 11 is 2.05. The highest BCUT2D eigenvalue weighted by Crippen LogP contribution is 2.20. The highest BCUT2D eigenvalue weighted by Gasteiger charge is 2.20. The van der Waals surface area contributed by atoms with Gasteiger partial charge in [-0.3, -0.25) is 0 Å². The molecule has 0 radical (unpaired) electrons. The first-order valence-corrected chi connectivity index (χ1v) is 9.09. The predicted molar refractivity (Wildman–Crippen MR) is 91.9 cm³/mol. The highest BCUT2D eigenvalue weighted by atomic mass is 32.2. The molecule has 1 atom stereocenters. The number of benzene rings is 1. The van der Waals surface area contributed by atoms with Gasteiger partial charge < -0.3 is 10.2 Å². The molecule has 1 aliphatic rings. The van der Waals surface area contributed by atoms with E-state index in [2.05, 4.69) is 54.4 Å². The molecule has 2 nitrogen and oxygen atoms in total. The number of hydrogen-bond acceptors (Lipinski definition) is 3. The molecule has 1 heterocycles. The number of hydrogen-bond donors (Lipinski definition) is 1. The van der Waals surface area contributed by atoms with E-state index in [0.29, 0.717) is 12.1 Å². The van der Waals surface area contributed by atoms with Crippen molar-refractivity contribution < 1.29 is 0 Å². The van der Waals surface area contributed by atoms with Crippen LogP contribution < -0.4 is 10.2 Å². The Labute approximate surface area is 128 Å². The lowest BCUT2D eigenvalue weighted by Crippen LogP contribution is -2.45. The maximum Gasteiger partial charge on any atom is 0.0366 e. The van der Waals surface area contributed by atoms with E-state index < -0.39 is 0 Å². The summed E-state index contributed by atoms with van der Waals surface area (Å²) in [5, 5.41) is 3.81. The minimum Gasteiger partial charge on any atom is -0.371 e. The van der Waals surface area contributed by atoms with Gasteiger partial charge in [0.15, 0.2) is 0 Å². The van der Waals surface area contributed by atoms with E-state index in [1.807, 2.05) is 11.8 Å². The quantitative estimate of drug-likeness (QED) is 0.770. The van der Waals surface area contributed by atoms with Gasteiger partial charge >= 0.3 is 0 Å². The Hall–Kier alpha value is -0.670. The monoisotopic (exact) mass is 292 g/mol. The minimum atomic E-state index is 0.655. The molecular weight excluding hydrogens is 264 g/mol. The number of nitrogens with one attached hydrogen (secondary N) is 1. The number of thioether (sulfide) groups is 1. The van der Waals surface area contributed by atoms with E-state index in [4.69, 9.17) is 0 Å². The maximum atomic E-state index is 3.81. The summed E-state index contributed by atoms with van der Waals surface area (Å²) < 4.78 is 0. The first-order valence-electron chi connectivity index (χ1n) is 7.93. The zero-order valence-electron chi connectivity index (χ0n) is 12.8. The van der Waals surface area contributed by atoms with E-state index in [9.17, 15) is 0 Å². The summed E-state index contributed by atoms with van der Waals surface area (Å²) in [5.41, 5.74) is 1.37. The first kappa shape index (κ1) is 15.7. The summed E-state index contributed by atoms with van der Waals surface area (Å²) in [6, 6.07) is 12.2. The van der Waals surface area contributed by atoms with Gasteiger partial charge in [-0.25, -0.2) is 0 Å². The molecule has 0 spiro atoms. The SMILES string of the molecule is CCSCCC(C)NC1CCN(c2ccccc2)CC1. The van der Waals surface area contributed by atoms with Gasteiger partial charge in [0, 0.05) is 30.9 Å². The van der Waals surface area contributed by atoms with Crippen molar-refractivity contribution >= 4 is 17.4 Å². The Kier molecular flexibility index (Phi) is 6.74. The van der Waals surface area contributed by atoms with Crippen molar-refractivity contribution in [2.24, 2.45) is 0 Å². The van der Waals surface area contributed by atoms with Crippen LogP contribution in [0.2, 0.25) is 0 Å². The number of piperidine rings is 1. The fraction of sp³-hybridized carbons (Fsp3) is 0.647. The Morgan fingerprint density at radius 1 is 1.25 bits per heavy atom. The summed E-state index contributed by atoms with van der Waals surface area (Å²) in [7, 11) is 0. The van der Waals surface area contributed by atoms with Crippen LogP contribution in [0.4, 0.5) is 5.69 Å². The largest absolute Gasteiger partial charge is 0.371 e. The van der Waals surface area contributed by atoms with Crippen molar-refractivity contribution in [1.29, 1.82) is 0 Å². The summed E-state index contributed by atoms with van der Waals surface area (Å²) in [6.45, 7) is 6.93. The summed E-state index contributed by atoms with van der Waals surface area (Å²) in [6.07, 6.45) is 3.82. The molecule has 1 fully saturated rings. The second-order valence-corrected chi connectivity index (χ2v) is 7.04. The third-order valence-corrected chi connectivity index (χ3v) is 4.97. The van der Waals surface area contributed by atoms with Gasteiger partial charge in [-0.1, -0.05) is 25.1 Å². The molecule has 1 unspecified atom stereocenters. The van der Waals surface area contributed by atoms with Crippen LogP contribution in [0.3, 0.4) is 0 Å². The zero-order chi connectivity index (χ0) is 14.2. The van der Waals surface area contributed by atoms with Crippen molar-refractivity contribution in [3.05, 3.63) is 30.3 Å². The molecule has 112 valence electrons. The summed E-state index contributed by atoms with van der Waals surface area (Å²) in [4.78, 5) is 2.51. The van der Waals surface area contributed by atoms with Crippen LogP contribution in [0.15, 0.2) is 30.3 Å². The van der Waals surface area contributed by atoms with E-state index in [0.717, 1.165) is 0 Å². The van der Waals surface area contributed by atoms with Crippen molar-refractivity contribution in [3.63, 3.8) is 0 Å². The molecule has 1 aliphatic heterocycles. The normalized spacial score (nSPS) is 18.2. The van der Waals surface area contributed by atoms with Crippen LogP contribution in [0, 0.1) is 0 Å². The van der Waals surface area contributed by atoms with Gasteiger partial charge in [0.1, 0.15) is 0 Å². The van der Waals surface area contributed by atoms with Gasteiger partial charge in [-0.05, 0) is 49.8 Å². The van der Waals surface area contributed by atoms with E-state index in [1.54, 1.807) is 0 Å². The van der Waals surface area contributed by atoms with Gasteiger partial charge in [0.25, 0.3) is 0 Å². The van der Waals surface area contributed by atoms with Crippen LogP contribution >= 0.6 is 11.8 Å². The Morgan fingerprint density at radius 3 is 2.60 bits per heavy atom. The molecule has 1 aromatic carbocycles. The lowest BCUT2D eigenvalue weighted by atomic mass is 10.0. The van der Waals surface area contributed by atoms with E-state index >= 15 is 0 Å². The number of anilines is 1. The fourth-order valence-corrected chi connectivity index (χ4v) is 3.64. The molecule has 1 N–H and O–H groups in total. The standard InChI is InChI=1S/C17H28N2S/c1-3-20-14-11-15(2)18-16-9-12-19(13-10-16)17-7-5-4-6-8-17/h4-8,15-16,18H,3,9-14H2,1-2H3. The van der Waals surface area contributed by atoms with Gasteiger partial charge in [-0.2, -0.15) is 11.8 Å². The van der Waals surface area contributed by atoms with Crippen molar-refractivity contribution in [2.45, 2.75) is 45.2 Å². The molecule has 0 saturated carbocycles. The molecule has 0 bridgehead atoms. The molecule has 1 saturated heterocycles. The molecule has 2 rings (SSSR count). The Balaban J connectivity index is 1.69. The first-order chi connectivity index (χ1) is 9.79. The third-order valence-electron chi connectivity index (χ3n) is 4.04. The molecule has 0 amide bonds. The predicted octanol–water partition coefficient (Wildman–Crippen LogP) is 3.78. The number of para-hydroxylation sites is 1. The second-order valence-electron chi connectivity index (χ2n) is 5.65. The molecule has 0 aliphatic carbocycles. The van der Waals surface area contributed by atoms with Gasteiger partial charge in [0.05, 0.1) is 0 Å². The highest BCUT2D eigenvalue weighted by molar-refractivity contribution is 7.99. The van der Waals surface area contributed by atoms with Crippen molar-refractivity contribution in [2.75, 3.05) is 29.5 Å². The third kappa shape index (κ3) is 5.02. The van der Waals surface area contributed by atoms with Crippen molar-refractivity contribution in [3.8, 4) is 0 Å². The average Bonchev–Trinajstić information content (AvgIpc) is 2.49. The van der Waals surface area contributed by atoms with Gasteiger partial charge in [-0.15, -0.1) is 0 Å². The van der Waals surface area contributed by atoms with E-state index in [-0.39, 0.29) is 0 Å². The minimum absolute atomic E-state index is 0.655. The van der Waals surface area contributed by atoms with Gasteiger partial charge in [0.2, 0.25) is 0 Å². The topological polar surface area (TPSA) is 15.3 Å². The van der Waals surface area contributed by atoms with E-state index in [1.165, 1.54) is 49.5 Å². The molecular formula is C17H28N2S. The molecule has 3 heteroatoms. The lowest BCUT2D eigenvalue weighted by Gasteiger charge is -2.35. The van der Waals surface area contributed by atoms with Crippen molar-refractivity contribution in [1.82, 2.24) is 5.32 Å². The average molecular weight is 292 g/mol. The summed E-state index contributed by atoms with van der Waals surface area (Å²) in [5.74, 6) is 2.52. The van der Waals surface area contributed by atoms with Crippen LogP contribution in [0.5, 0.6) is 0 Å². The number of nitrogens with zero attached hydrogens (tertiary/aromatic N) is 1. The van der Waals surface area contributed by atoms with Crippen LogP contribution in [-0.4, -0.2) is 36.7 Å². The molecule has 0 aromatic heterocycles. The maximum absolute atomic E-state index is 3.81.